The topological polar surface area (TPSA) is 17.8 Å². The molecular weight excluding hydrogens is 172 g/mol. The Morgan fingerprint density at radius 1 is 1.07 bits per heavy atom. The first kappa shape index (κ1) is 9.00. The average molecular weight is 186 g/mol. The van der Waals surface area contributed by atoms with E-state index in [1.807, 2.05) is 29.1 Å². The van der Waals surface area contributed by atoms with Crippen LogP contribution in [0.2, 0.25) is 0 Å². The normalized spacial score (nSPS) is 10.8. The highest BCUT2D eigenvalue weighted by atomic mass is 15.3. The third-order valence-corrected chi connectivity index (χ3v) is 2.24. The van der Waals surface area contributed by atoms with Gasteiger partial charge in [0.2, 0.25) is 0 Å². The number of nitrogens with zero attached hydrogens (tertiary/aromatic N) is 2. The summed E-state index contributed by atoms with van der Waals surface area (Å²) in [5.41, 5.74) is 2.40. The minimum absolute atomic E-state index is 0.424. The molecule has 0 aliphatic carbocycles. The van der Waals surface area contributed by atoms with Crippen molar-refractivity contribution in [2.75, 3.05) is 0 Å². The van der Waals surface area contributed by atoms with Crippen LogP contribution in [0.3, 0.4) is 0 Å². The minimum Gasteiger partial charge on any atom is -0.270 e. The van der Waals surface area contributed by atoms with E-state index >= 15 is 0 Å². The van der Waals surface area contributed by atoms with Gasteiger partial charge in [-0.2, -0.15) is 5.10 Å². The third kappa shape index (κ3) is 1.69. The van der Waals surface area contributed by atoms with Gasteiger partial charge in [0.05, 0.1) is 6.20 Å². The van der Waals surface area contributed by atoms with Gasteiger partial charge in [-0.15, -0.1) is 0 Å². The molecule has 1 heterocycles. The van der Waals surface area contributed by atoms with Crippen molar-refractivity contribution in [1.82, 2.24) is 9.78 Å². The summed E-state index contributed by atoms with van der Waals surface area (Å²) < 4.78 is 1.97. The van der Waals surface area contributed by atoms with E-state index in [-0.39, 0.29) is 0 Å². The second-order valence-electron chi connectivity index (χ2n) is 3.67. The maximum absolute atomic E-state index is 4.31. The fraction of sp³-hybridized carbons (Fsp3) is 0.250. The summed E-state index contributed by atoms with van der Waals surface area (Å²) in [7, 11) is 0. The van der Waals surface area contributed by atoms with Gasteiger partial charge in [-0.05, 0) is 19.4 Å². The van der Waals surface area contributed by atoms with Crippen LogP contribution in [0.25, 0.3) is 11.1 Å². The average Bonchev–Trinajstić information content (AvgIpc) is 2.68. The van der Waals surface area contributed by atoms with Crippen molar-refractivity contribution in [2.24, 2.45) is 0 Å². The van der Waals surface area contributed by atoms with Gasteiger partial charge in [-0.25, -0.2) is 0 Å². The van der Waals surface area contributed by atoms with E-state index in [2.05, 4.69) is 37.3 Å². The van der Waals surface area contributed by atoms with E-state index in [1.165, 1.54) is 11.1 Å². The molecule has 0 fully saturated rings. The Bertz CT molecular complexity index is 401. The third-order valence-electron chi connectivity index (χ3n) is 2.24. The smallest absolute Gasteiger partial charge is 0.0568 e. The molecule has 0 N–H and O–H groups in total. The minimum atomic E-state index is 0.424. The lowest BCUT2D eigenvalue weighted by atomic mass is 10.1. The van der Waals surface area contributed by atoms with Crippen molar-refractivity contribution in [3.63, 3.8) is 0 Å². The first-order valence-electron chi connectivity index (χ1n) is 4.87. The molecule has 0 aliphatic rings. The van der Waals surface area contributed by atoms with E-state index in [9.17, 15) is 0 Å². The van der Waals surface area contributed by atoms with Crippen molar-refractivity contribution in [1.29, 1.82) is 0 Å². The van der Waals surface area contributed by atoms with Crippen LogP contribution in [0, 0.1) is 0 Å². The Labute approximate surface area is 84.2 Å². The Morgan fingerprint density at radius 3 is 2.36 bits per heavy atom. The summed E-state index contributed by atoms with van der Waals surface area (Å²) in [4.78, 5) is 0. The van der Waals surface area contributed by atoms with Crippen LogP contribution in [0.15, 0.2) is 42.7 Å². The van der Waals surface area contributed by atoms with Gasteiger partial charge in [0.1, 0.15) is 0 Å². The molecule has 2 aromatic rings. The van der Waals surface area contributed by atoms with E-state index in [1.54, 1.807) is 0 Å². The van der Waals surface area contributed by atoms with Gasteiger partial charge in [0.25, 0.3) is 0 Å². The second kappa shape index (κ2) is 3.66. The van der Waals surface area contributed by atoms with Gasteiger partial charge in [0.15, 0.2) is 0 Å². The highest BCUT2D eigenvalue weighted by Crippen LogP contribution is 2.18. The molecule has 2 rings (SSSR count). The molecule has 0 saturated carbocycles. The van der Waals surface area contributed by atoms with E-state index in [4.69, 9.17) is 0 Å². The van der Waals surface area contributed by atoms with Gasteiger partial charge >= 0.3 is 0 Å². The van der Waals surface area contributed by atoms with Crippen molar-refractivity contribution >= 4 is 0 Å². The molecule has 0 spiro atoms. The molecule has 0 aliphatic heterocycles. The first-order chi connectivity index (χ1) is 6.77. The molecule has 72 valence electrons. The van der Waals surface area contributed by atoms with E-state index in [0.29, 0.717) is 6.04 Å². The van der Waals surface area contributed by atoms with E-state index < -0.39 is 0 Å². The van der Waals surface area contributed by atoms with Gasteiger partial charge in [-0.3, -0.25) is 4.68 Å². The summed E-state index contributed by atoms with van der Waals surface area (Å²) in [6.07, 6.45) is 4.00. The van der Waals surface area contributed by atoms with Crippen molar-refractivity contribution < 1.29 is 0 Å². The molecule has 0 amide bonds. The van der Waals surface area contributed by atoms with Gasteiger partial charge in [0, 0.05) is 17.8 Å². The number of aromatic nitrogens is 2. The van der Waals surface area contributed by atoms with Gasteiger partial charge < -0.3 is 0 Å². The quantitative estimate of drug-likeness (QED) is 0.704. The second-order valence-corrected chi connectivity index (χ2v) is 3.67. The predicted molar refractivity (Wildman–Crippen MR) is 58.0 cm³/mol. The fourth-order valence-electron chi connectivity index (χ4n) is 1.40. The summed E-state index contributed by atoms with van der Waals surface area (Å²) in [5, 5.41) is 4.31. The monoisotopic (exact) mass is 186 g/mol. The highest BCUT2D eigenvalue weighted by molar-refractivity contribution is 5.61. The molecule has 0 unspecified atom stereocenters. The number of benzene rings is 1. The molecule has 0 saturated heterocycles. The van der Waals surface area contributed by atoms with E-state index in [0.717, 1.165) is 0 Å². The van der Waals surface area contributed by atoms with Crippen LogP contribution < -0.4 is 0 Å². The lowest BCUT2D eigenvalue weighted by Gasteiger charge is -2.02. The summed E-state index contributed by atoms with van der Waals surface area (Å²) in [5.74, 6) is 0. The first-order valence-corrected chi connectivity index (χ1v) is 4.87. The fourth-order valence-corrected chi connectivity index (χ4v) is 1.40. The molecule has 1 aromatic heterocycles. The standard InChI is InChI=1S/C12H14N2/c1-10(2)14-9-12(8-13-14)11-6-4-3-5-7-11/h3-10H,1-2H3. The highest BCUT2D eigenvalue weighted by Gasteiger charge is 2.02. The zero-order valence-electron chi connectivity index (χ0n) is 8.51. The van der Waals surface area contributed by atoms with Crippen molar-refractivity contribution in [3.05, 3.63) is 42.7 Å². The Balaban J connectivity index is 2.34. The van der Waals surface area contributed by atoms with Crippen molar-refractivity contribution in [2.45, 2.75) is 19.9 Å². The molecule has 0 atom stereocenters. The SMILES string of the molecule is CC(C)n1cc(-c2ccccc2)cn1. The van der Waals surface area contributed by atoms with Crippen LogP contribution in [0.1, 0.15) is 19.9 Å². The van der Waals surface area contributed by atoms with Crippen LogP contribution in [-0.4, -0.2) is 9.78 Å². The summed E-state index contributed by atoms with van der Waals surface area (Å²) in [6.45, 7) is 4.25. The Morgan fingerprint density at radius 2 is 1.79 bits per heavy atom. The molecule has 0 bridgehead atoms. The lowest BCUT2D eigenvalue weighted by Crippen LogP contribution is -1.99. The zero-order valence-corrected chi connectivity index (χ0v) is 8.51. The Kier molecular flexibility index (Phi) is 2.35. The largest absolute Gasteiger partial charge is 0.270 e. The zero-order chi connectivity index (χ0) is 9.97. The summed E-state index contributed by atoms with van der Waals surface area (Å²) in [6, 6.07) is 10.7. The molecule has 1 aromatic carbocycles. The van der Waals surface area contributed by atoms with Crippen LogP contribution in [-0.2, 0) is 0 Å². The molecule has 2 heteroatoms. The molecular formula is C12H14N2. The van der Waals surface area contributed by atoms with Crippen LogP contribution in [0.5, 0.6) is 0 Å². The maximum atomic E-state index is 4.31. The Hall–Kier alpha value is -1.57. The van der Waals surface area contributed by atoms with Crippen molar-refractivity contribution in [3.8, 4) is 11.1 Å². The summed E-state index contributed by atoms with van der Waals surface area (Å²) >= 11 is 0. The molecule has 14 heavy (non-hydrogen) atoms. The number of hydrogen-bond acceptors (Lipinski definition) is 1. The number of rotatable bonds is 2. The lowest BCUT2D eigenvalue weighted by molar-refractivity contribution is 0.532. The van der Waals surface area contributed by atoms with Crippen LogP contribution >= 0.6 is 0 Å². The molecule has 0 radical (unpaired) electrons. The molecule has 2 nitrogen and oxygen atoms in total. The number of hydrogen-bond donors (Lipinski definition) is 0. The van der Waals surface area contributed by atoms with Crippen LogP contribution in [0.4, 0.5) is 0 Å². The van der Waals surface area contributed by atoms with Gasteiger partial charge in [-0.1, -0.05) is 30.3 Å². The maximum Gasteiger partial charge on any atom is 0.0568 e. The predicted octanol–water partition coefficient (Wildman–Crippen LogP) is 3.13.